The second-order valence-corrected chi connectivity index (χ2v) is 9.23. The Labute approximate surface area is 187 Å². The number of anilines is 1. The number of nitrogens with zero attached hydrogens (tertiary/aromatic N) is 1. The lowest BCUT2D eigenvalue weighted by atomic mass is 10.1. The van der Waals surface area contributed by atoms with Crippen LogP contribution >= 0.6 is 0 Å². The van der Waals surface area contributed by atoms with Crippen molar-refractivity contribution in [1.29, 1.82) is 0 Å². The fraction of sp³-hybridized carbons (Fsp3) is 0.208. The van der Waals surface area contributed by atoms with E-state index in [1.807, 2.05) is 38.1 Å². The smallest absolute Gasteiger partial charge is 0.264 e. The van der Waals surface area contributed by atoms with E-state index in [2.05, 4.69) is 5.32 Å². The monoisotopic (exact) mass is 456 g/mol. The summed E-state index contributed by atoms with van der Waals surface area (Å²) in [4.78, 5) is 12.8. The summed E-state index contributed by atoms with van der Waals surface area (Å²) in [7, 11) is -2.62. The molecule has 0 unspecified atom stereocenters. The van der Waals surface area contributed by atoms with Crippen LogP contribution in [0.25, 0.3) is 0 Å². The first-order valence-corrected chi connectivity index (χ1v) is 11.4. The second kappa shape index (κ2) is 9.82. The lowest BCUT2D eigenvalue weighted by Crippen LogP contribution is -2.41. The first-order chi connectivity index (χ1) is 15.2. The fourth-order valence-corrected chi connectivity index (χ4v) is 4.57. The number of methoxy groups -OCH3 is 1. The van der Waals surface area contributed by atoms with E-state index in [1.54, 1.807) is 0 Å². The van der Waals surface area contributed by atoms with Crippen molar-refractivity contribution in [3.63, 3.8) is 0 Å². The molecule has 8 heteroatoms. The number of rotatable bonds is 8. The molecule has 32 heavy (non-hydrogen) atoms. The van der Waals surface area contributed by atoms with Gasteiger partial charge in [-0.15, -0.1) is 0 Å². The van der Waals surface area contributed by atoms with Crippen molar-refractivity contribution in [3.8, 4) is 5.75 Å². The molecule has 6 nitrogen and oxygen atoms in total. The van der Waals surface area contributed by atoms with Crippen LogP contribution in [0.5, 0.6) is 5.75 Å². The highest BCUT2D eigenvalue weighted by Gasteiger charge is 2.28. The molecule has 0 heterocycles. The van der Waals surface area contributed by atoms with Crippen LogP contribution in [0.4, 0.5) is 10.1 Å². The summed E-state index contributed by atoms with van der Waals surface area (Å²) >= 11 is 0. The van der Waals surface area contributed by atoms with Crippen LogP contribution in [-0.4, -0.2) is 28.0 Å². The molecular weight excluding hydrogens is 431 g/mol. The molecular formula is C24H25FN2O4S. The Hall–Kier alpha value is -3.39. The number of carbonyl (C=O) groups is 1. The number of carbonyl (C=O) groups excluding carboxylic acids is 1. The molecule has 3 rings (SSSR count). The SMILES string of the molecule is COc1ccc(S(=O)(=O)N(CC(=O)N[C@@H](C)c2ccc(C)cc2)c2ccc(F)cc2)cc1. The highest BCUT2D eigenvalue weighted by Crippen LogP contribution is 2.25. The van der Waals surface area contributed by atoms with Gasteiger partial charge in [-0.1, -0.05) is 29.8 Å². The maximum atomic E-state index is 13.4. The van der Waals surface area contributed by atoms with E-state index in [1.165, 1.54) is 43.5 Å². The van der Waals surface area contributed by atoms with E-state index in [0.29, 0.717) is 5.75 Å². The van der Waals surface area contributed by atoms with Gasteiger partial charge < -0.3 is 10.1 Å². The molecule has 0 saturated heterocycles. The maximum absolute atomic E-state index is 13.4. The van der Waals surface area contributed by atoms with Gasteiger partial charge in [-0.3, -0.25) is 9.10 Å². The van der Waals surface area contributed by atoms with E-state index in [-0.39, 0.29) is 16.6 Å². The zero-order valence-corrected chi connectivity index (χ0v) is 18.9. The standard InChI is InChI=1S/C24H25FN2O4S/c1-17-4-6-19(7-5-17)18(2)26-24(28)16-27(21-10-8-20(25)9-11-21)32(29,30)23-14-12-22(31-3)13-15-23/h4-15,18H,16H2,1-3H3,(H,26,28)/t18-/m0/s1. The van der Waals surface area contributed by atoms with Crippen molar-refractivity contribution in [1.82, 2.24) is 5.32 Å². The average molecular weight is 457 g/mol. The predicted molar refractivity (Wildman–Crippen MR) is 122 cm³/mol. The van der Waals surface area contributed by atoms with Gasteiger partial charge in [0, 0.05) is 0 Å². The number of benzene rings is 3. The molecule has 0 aliphatic carbocycles. The van der Waals surface area contributed by atoms with Gasteiger partial charge in [0.25, 0.3) is 10.0 Å². The summed E-state index contributed by atoms with van der Waals surface area (Å²) in [6.45, 7) is 3.33. The fourth-order valence-electron chi connectivity index (χ4n) is 3.15. The van der Waals surface area contributed by atoms with E-state index < -0.39 is 28.3 Å². The predicted octanol–water partition coefficient (Wildman–Crippen LogP) is 4.22. The Morgan fingerprint density at radius 3 is 2.16 bits per heavy atom. The third-order valence-corrected chi connectivity index (χ3v) is 6.79. The van der Waals surface area contributed by atoms with Crippen molar-refractivity contribution in [3.05, 3.63) is 89.7 Å². The number of ether oxygens (including phenoxy) is 1. The van der Waals surface area contributed by atoms with Crippen LogP contribution in [0.3, 0.4) is 0 Å². The normalized spacial score (nSPS) is 12.1. The van der Waals surface area contributed by atoms with Crippen LogP contribution in [-0.2, 0) is 14.8 Å². The first-order valence-electron chi connectivity index (χ1n) is 9.99. The van der Waals surface area contributed by atoms with E-state index in [9.17, 15) is 17.6 Å². The molecule has 0 fully saturated rings. The first kappa shape index (κ1) is 23.3. The Bertz CT molecular complexity index is 1160. The third kappa shape index (κ3) is 5.45. The van der Waals surface area contributed by atoms with Crippen molar-refractivity contribution in [2.75, 3.05) is 18.0 Å². The van der Waals surface area contributed by atoms with Gasteiger partial charge in [-0.25, -0.2) is 12.8 Å². The molecule has 168 valence electrons. The molecule has 1 amide bonds. The van der Waals surface area contributed by atoms with Gasteiger partial charge in [0.15, 0.2) is 0 Å². The van der Waals surface area contributed by atoms with Gasteiger partial charge >= 0.3 is 0 Å². The number of sulfonamides is 1. The van der Waals surface area contributed by atoms with Gasteiger partial charge in [0.05, 0.1) is 23.7 Å². The molecule has 0 aliphatic heterocycles. The summed E-state index contributed by atoms with van der Waals surface area (Å²) in [5.74, 6) is -0.491. The molecule has 3 aromatic rings. The lowest BCUT2D eigenvalue weighted by Gasteiger charge is -2.25. The Morgan fingerprint density at radius 1 is 1.00 bits per heavy atom. The van der Waals surface area contributed by atoms with Crippen LogP contribution < -0.4 is 14.4 Å². The molecule has 1 atom stereocenters. The topological polar surface area (TPSA) is 75.7 Å². The van der Waals surface area contributed by atoms with E-state index >= 15 is 0 Å². The van der Waals surface area contributed by atoms with Crippen molar-refractivity contribution < 1.29 is 22.3 Å². The third-order valence-electron chi connectivity index (χ3n) is 5.00. The number of hydrogen-bond acceptors (Lipinski definition) is 4. The summed E-state index contributed by atoms with van der Waals surface area (Å²) < 4.78 is 46.2. The van der Waals surface area contributed by atoms with E-state index in [4.69, 9.17) is 4.74 Å². The summed E-state index contributed by atoms with van der Waals surface area (Å²) in [6.07, 6.45) is 0. The summed E-state index contributed by atoms with van der Waals surface area (Å²) in [5.41, 5.74) is 2.18. The number of amides is 1. The number of hydrogen-bond donors (Lipinski definition) is 1. The summed E-state index contributed by atoms with van der Waals surface area (Å²) in [6, 6.07) is 18.2. The quantitative estimate of drug-likeness (QED) is 0.551. The highest BCUT2D eigenvalue weighted by atomic mass is 32.2. The van der Waals surface area contributed by atoms with Crippen molar-refractivity contribution in [2.24, 2.45) is 0 Å². The molecule has 0 aromatic heterocycles. The Kier molecular flexibility index (Phi) is 7.15. The van der Waals surface area contributed by atoms with Crippen LogP contribution in [0.15, 0.2) is 77.7 Å². The van der Waals surface area contributed by atoms with Gasteiger partial charge in [0.1, 0.15) is 18.1 Å². The van der Waals surface area contributed by atoms with Crippen molar-refractivity contribution in [2.45, 2.75) is 24.8 Å². The van der Waals surface area contributed by atoms with Crippen LogP contribution in [0, 0.1) is 12.7 Å². The van der Waals surface area contributed by atoms with E-state index in [0.717, 1.165) is 27.6 Å². The lowest BCUT2D eigenvalue weighted by molar-refractivity contribution is -0.120. The molecule has 0 saturated carbocycles. The second-order valence-electron chi connectivity index (χ2n) is 7.36. The average Bonchev–Trinajstić information content (AvgIpc) is 2.78. The molecule has 0 aliphatic rings. The largest absolute Gasteiger partial charge is 0.497 e. The minimum absolute atomic E-state index is 0.0120. The zero-order chi connectivity index (χ0) is 23.3. The Morgan fingerprint density at radius 2 is 1.59 bits per heavy atom. The molecule has 0 bridgehead atoms. The van der Waals surface area contributed by atoms with Crippen molar-refractivity contribution >= 4 is 21.6 Å². The number of aryl methyl sites for hydroxylation is 1. The highest BCUT2D eigenvalue weighted by molar-refractivity contribution is 7.92. The van der Waals surface area contributed by atoms with Gasteiger partial charge in [-0.2, -0.15) is 0 Å². The molecule has 3 aromatic carbocycles. The zero-order valence-electron chi connectivity index (χ0n) is 18.1. The van der Waals surface area contributed by atoms with Gasteiger partial charge in [0.2, 0.25) is 5.91 Å². The molecule has 1 N–H and O–H groups in total. The van der Waals surface area contributed by atoms with Crippen LogP contribution in [0.1, 0.15) is 24.1 Å². The Balaban J connectivity index is 1.87. The number of halogens is 1. The number of nitrogens with one attached hydrogen (secondary N) is 1. The minimum atomic E-state index is -4.10. The maximum Gasteiger partial charge on any atom is 0.264 e. The van der Waals surface area contributed by atoms with Crippen LogP contribution in [0.2, 0.25) is 0 Å². The van der Waals surface area contributed by atoms with Gasteiger partial charge in [-0.05, 0) is 67.9 Å². The molecule has 0 spiro atoms. The summed E-state index contributed by atoms with van der Waals surface area (Å²) in [5, 5.41) is 2.83. The molecule has 0 radical (unpaired) electrons. The minimum Gasteiger partial charge on any atom is -0.497 e.